The molecule has 4 aromatic rings. The van der Waals surface area contributed by atoms with E-state index in [1.54, 1.807) is 12.3 Å². The van der Waals surface area contributed by atoms with Crippen LogP contribution in [-0.2, 0) is 13.2 Å². The molecule has 152 valence electrons. The fourth-order valence-corrected chi connectivity index (χ4v) is 3.91. The van der Waals surface area contributed by atoms with E-state index < -0.39 is 0 Å². The van der Waals surface area contributed by atoms with Crippen LogP contribution in [0.3, 0.4) is 0 Å². The van der Waals surface area contributed by atoms with E-state index in [0.29, 0.717) is 23.6 Å². The third-order valence-electron chi connectivity index (χ3n) is 5.43. The summed E-state index contributed by atoms with van der Waals surface area (Å²) in [6.45, 7) is 1.16. The molecule has 2 N–H and O–H groups in total. The summed E-state index contributed by atoms with van der Waals surface area (Å²) in [6, 6.07) is 11.4. The van der Waals surface area contributed by atoms with Gasteiger partial charge in [-0.3, -0.25) is 0 Å². The van der Waals surface area contributed by atoms with Crippen molar-refractivity contribution >= 4 is 27.8 Å². The Kier molecular flexibility index (Phi) is 4.86. The molecule has 3 heterocycles. The molecular formula is C22H21N5O3. The van der Waals surface area contributed by atoms with Crippen LogP contribution in [0.25, 0.3) is 21.9 Å². The number of ether oxygens (including phenoxy) is 1. The third-order valence-corrected chi connectivity index (χ3v) is 5.43. The van der Waals surface area contributed by atoms with Gasteiger partial charge in [0.05, 0.1) is 42.5 Å². The molecule has 8 nitrogen and oxygen atoms in total. The summed E-state index contributed by atoms with van der Waals surface area (Å²) < 4.78 is 6.10. The lowest BCUT2D eigenvalue weighted by Crippen LogP contribution is -2.25. The van der Waals surface area contributed by atoms with Crippen LogP contribution in [0.4, 0.5) is 5.82 Å². The van der Waals surface area contributed by atoms with Crippen LogP contribution in [0.1, 0.15) is 17.5 Å². The molecule has 1 aliphatic heterocycles. The Morgan fingerprint density at radius 3 is 2.60 bits per heavy atom. The van der Waals surface area contributed by atoms with Gasteiger partial charge in [0.2, 0.25) is 5.88 Å². The van der Waals surface area contributed by atoms with Crippen molar-refractivity contribution < 1.29 is 14.9 Å². The molecule has 30 heavy (non-hydrogen) atoms. The number of aliphatic hydroxyl groups is 2. The van der Waals surface area contributed by atoms with E-state index >= 15 is 0 Å². The van der Waals surface area contributed by atoms with Gasteiger partial charge >= 0.3 is 0 Å². The maximum atomic E-state index is 9.65. The van der Waals surface area contributed by atoms with Crippen molar-refractivity contribution in [3.05, 3.63) is 60.0 Å². The van der Waals surface area contributed by atoms with Gasteiger partial charge in [-0.2, -0.15) is 0 Å². The fourth-order valence-electron chi connectivity index (χ4n) is 3.91. The van der Waals surface area contributed by atoms with Crippen molar-refractivity contribution in [2.45, 2.75) is 25.7 Å². The zero-order valence-electron chi connectivity index (χ0n) is 16.3. The van der Waals surface area contributed by atoms with Crippen LogP contribution in [0.15, 0.2) is 48.9 Å². The van der Waals surface area contributed by atoms with E-state index in [1.807, 2.05) is 30.3 Å². The van der Waals surface area contributed by atoms with E-state index in [4.69, 9.17) is 4.74 Å². The Morgan fingerprint density at radius 1 is 0.967 bits per heavy atom. The van der Waals surface area contributed by atoms with E-state index in [-0.39, 0.29) is 19.3 Å². The Hall–Kier alpha value is -3.36. The first kappa shape index (κ1) is 18.7. The molecule has 2 aromatic heterocycles. The van der Waals surface area contributed by atoms with Crippen molar-refractivity contribution in [2.75, 3.05) is 18.0 Å². The third kappa shape index (κ3) is 3.40. The van der Waals surface area contributed by atoms with Gasteiger partial charge in [-0.1, -0.05) is 12.1 Å². The van der Waals surface area contributed by atoms with Crippen LogP contribution in [0.2, 0.25) is 0 Å². The summed E-state index contributed by atoms with van der Waals surface area (Å²) in [4.78, 5) is 19.9. The summed E-state index contributed by atoms with van der Waals surface area (Å²) >= 11 is 0. The van der Waals surface area contributed by atoms with E-state index in [1.165, 1.54) is 6.33 Å². The lowest BCUT2D eigenvalue weighted by atomic mass is 10.0. The van der Waals surface area contributed by atoms with Crippen molar-refractivity contribution in [3.8, 4) is 5.88 Å². The molecule has 0 spiro atoms. The first-order valence-corrected chi connectivity index (χ1v) is 9.87. The number of aromatic nitrogens is 4. The highest BCUT2D eigenvalue weighted by molar-refractivity contribution is 5.90. The molecule has 0 unspecified atom stereocenters. The number of fused-ring (bicyclic) bond motifs is 2. The molecule has 0 aliphatic carbocycles. The van der Waals surface area contributed by atoms with Gasteiger partial charge in [-0.05, 0) is 35.4 Å². The van der Waals surface area contributed by atoms with Gasteiger partial charge in [-0.25, -0.2) is 19.9 Å². The largest absolute Gasteiger partial charge is 0.471 e. The maximum Gasteiger partial charge on any atom is 0.233 e. The normalized spacial score (nSPS) is 16.5. The molecule has 2 aromatic carbocycles. The van der Waals surface area contributed by atoms with Crippen molar-refractivity contribution in [3.63, 3.8) is 0 Å². The van der Waals surface area contributed by atoms with Gasteiger partial charge in [0.25, 0.3) is 0 Å². The number of rotatable bonds is 5. The molecular weight excluding hydrogens is 382 g/mol. The molecule has 0 amide bonds. The minimum Gasteiger partial charge on any atom is -0.471 e. The fraction of sp³-hybridized carbons (Fsp3) is 0.273. The Morgan fingerprint density at radius 2 is 1.77 bits per heavy atom. The molecule has 1 fully saturated rings. The minimum absolute atomic E-state index is 0.0282. The van der Waals surface area contributed by atoms with E-state index in [9.17, 15) is 10.2 Å². The highest BCUT2D eigenvalue weighted by atomic mass is 16.5. The molecule has 1 atom stereocenters. The average Bonchev–Trinajstić information content (AvgIpc) is 3.25. The van der Waals surface area contributed by atoms with E-state index in [2.05, 4.69) is 24.8 Å². The molecule has 0 bridgehead atoms. The summed E-state index contributed by atoms with van der Waals surface area (Å²) in [5.41, 5.74) is 3.74. The van der Waals surface area contributed by atoms with Crippen molar-refractivity contribution in [1.29, 1.82) is 0 Å². The first-order valence-electron chi connectivity index (χ1n) is 9.87. The van der Waals surface area contributed by atoms with Gasteiger partial charge in [-0.15, -0.1) is 0 Å². The summed E-state index contributed by atoms with van der Waals surface area (Å²) in [6.07, 6.45) is 4.00. The maximum absolute atomic E-state index is 9.65. The second-order valence-corrected chi connectivity index (χ2v) is 7.32. The monoisotopic (exact) mass is 403 g/mol. The zero-order valence-corrected chi connectivity index (χ0v) is 16.3. The summed E-state index contributed by atoms with van der Waals surface area (Å²) in [7, 11) is 0. The second-order valence-electron chi connectivity index (χ2n) is 7.32. The average molecular weight is 403 g/mol. The predicted octanol–water partition coefficient (Wildman–Crippen LogP) is 2.22. The minimum atomic E-state index is -0.146. The number of hydrogen-bond donors (Lipinski definition) is 2. The van der Waals surface area contributed by atoms with E-state index in [0.717, 1.165) is 40.7 Å². The Bertz CT molecular complexity index is 1220. The molecule has 0 radical (unpaired) electrons. The topological polar surface area (TPSA) is 104 Å². The van der Waals surface area contributed by atoms with Crippen LogP contribution >= 0.6 is 0 Å². The number of hydrogen-bond acceptors (Lipinski definition) is 8. The van der Waals surface area contributed by atoms with Gasteiger partial charge < -0.3 is 19.8 Å². The Balaban J connectivity index is 1.39. The lowest BCUT2D eigenvalue weighted by Gasteiger charge is -2.20. The number of aliphatic hydroxyl groups excluding tert-OH is 2. The van der Waals surface area contributed by atoms with Crippen molar-refractivity contribution in [1.82, 2.24) is 19.9 Å². The van der Waals surface area contributed by atoms with Crippen LogP contribution < -0.4 is 9.64 Å². The van der Waals surface area contributed by atoms with Gasteiger partial charge in [0.15, 0.2) is 0 Å². The van der Waals surface area contributed by atoms with Crippen molar-refractivity contribution in [2.24, 2.45) is 0 Å². The highest BCUT2D eigenvalue weighted by Gasteiger charge is 2.27. The Labute approximate surface area is 172 Å². The number of benzene rings is 2. The molecule has 5 rings (SSSR count). The lowest BCUT2D eigenvalue weighted by molar-refractivity contribution is 0.216. The highest BCUT2D eigenvalue weighted by Crippen LogP contribution is 2.29. The van der Waals surface area contributed by atoms with Gasteiger partial charge in [0.1, 0.15) is 18.2 Å². The van der Waals surface area contributed by atoms with Gasteiger partial charge in [0, 0.05) is 18.4 Å². The van der Waals surface area contributed by atoms with Crippen LogP contribution in [0, 0.1) is 0 Å². The smallest absolute Gasteiger partial charge is 0.233 e. The quantitative estimate of drug-likeness (QED) is 0.523. The number of anilines is 1. The first-order chi connectivity index (χ1) is 14.7. The summed E-state index contributed by atoms with van der Waals surface area (Å²) in [5.74, 6) is 1.32. The number of para-hydroxylation sites is 2. The summed E-state index contributed by atoms with van der Waals surface area (Å²) in [5, 5.41) is 20.0. The molecule has 0 saturated carbocycles. The van der Waals surface area contributed by atoms with Crippen LogP contribution in [-0.4, -0.2) is 49.3 Å². The molecule has 1 saturated heterocycles. The zero-order chi connectivity index (χ0) is 20.5. The van der Waals surface area contributed by atoms with Crippen LogP contribution in [0.5, 0.6) is 5.88 Å². The predicted molar refractivity (Wildman–Crippen MR) is 112 cm³/mol. The molecule has 1 aliphatic rings. The SMILES string of the molecule is OCc1cc2ncnc(N3CC[C@@H](Oc4cnc5ccccc5n4)C3)c2cc1CO. The number of nitrogens with zero attached hydrogens (tertiary/aromatic N) is 5. The molecule has 8 heteroatoms. The second kappa shape index (κ2) is 7.81. The standard InChI is InChI=1S/C22H21N5O3/c28-11-14-7-17-20(8-15(14)12-29)24-13-25-22(17)27-6-5-16(10-27)30-21-9-23-18-3-1-2-4-19(18)26-21/h1-4,7-9,13,16,28-29H,5-6,10-12H2/t16-/m1/s1.